The van der Waals surface area contributed by atoms with Crippen LogP contribution >= 0.6 is 0 Å². The standard InChI is InChI=1S/C45H50FN5O10S/c1-58-30-17-20-33-37(22-30)61-40-38(23-35(47-39(33)40)26-13-15-28(46)16-14-26)59-31-21-36-41(52)49-45(43(54)50-62(56,57)32-18-19-32)24-27(45)9-5-3-2-4-6-12-34(42(53)51(36)25-31)48-44(55)60-29-10-7-8-11-29/h5,9,13-17,20,22-23,27,29,31-32,34,36H,2-4,6-8,10-12,18-19,21,24-25H2,1H3,(H,48,55)(H,49,52)(H,50,54)/b9-5-/t27-,31-,34+,36+,45-/m1/s1. The Bertz CT molecular complexity index is 2540. The van der Waals surface area contributed by atoms with E-state index in [-0.39, 0.29) is 31.2 Å². The van der Waals surface area contributed by atoms with Crippen molar-refractivity contribution in [2.45, 2.75) is 119 Å². The van der Waals surface area contributed by atoms with Gasteiger partial charge >= 0.3 is 6.09 Å². The Morgan fingerprint density at radius 1 is 0.968 bits per heavy atom. The van der Waals surface area contributed by atoms with Crippen molar-refractivity contribution >= 4 is 55.9 Å². The molecule has 0 bridgehead atoms. The topological polar surface area (TPSA) is 195 Å². The minimum Gasteiger partial charge on any atom is -0.497 e. The first kappa shape index (κ1) is 41.6. The fourth-order valence-electron chi connectivity index (χ4n) is 9.03. The first-order valence-electron chi connectivity index (χ1n) is 21.6. The predicted octanol–water partition coefficient (Wildman–Crippen LogP) is 6.19. The molecule has 2 aromatic heterocycles. The monoisotopic (exact) mass is 871 g/mol. The van der Waals surface area contributed by atoms with Gasteiger partial charge in [0.05, 0.1) is 24.6 Å². The summed E-state index contributed by atoms with van der Waals surface area (Å²) in [5, 5.41) is 5.72. The molecule has 9 rings (SSSR count). The lowest BCUT2D eigenvalue weighted by molar-refractivity contribution is -0.141. The van der Waals surface area contributed by atoms with Crippen LogP contribution in [-0.2, 0) is 29.1 Å². The van der Waals surface area contributed by atoms with E-state index in [9.17, 15) is 32.0 Å². The molecular weight excluding hydrogens is 822 g/mol. The minimum absolute atomic E-state index is 0.0286. The highest BCUT2D eigenvalue weighted by Crippen LogP contribution is 2.46. The highest BCUT2D eigenvalue weighted by atomic mass is 32.2. The van der Waals surface area contributed by atoms with Gasteiger partial charge in [0, 0.05) is 35.4 Å². The number of allylic oxidation sites excluding steroid dienone is 1. The number of furan rings is 1. The van der Waals surface area contributed by atoms with Gasteiger partial charge in [0.2, 0.25) is 21.8 Å². The third-order valence-electron chi connectivity index (χ3n) is 12.7. The number of sulfonamides is 1. The van der Waals surface area contributed by atoms with Crippen LogP contribution in [0, 0.1) is 11.7 Å². The summed E-state index contributed by atoms with van der Waals surface area (Å²) in [6.07, 6.45) is 9.57. The van der Waals surface area contributed by atoms with Gasteiger partial charge in [-0.1, -0.05) is 25.0 Å². The molecule has 4 fully saturated rings. The largest absolute Gasteiger partial charge is 0.497 e. The Kier molecular flexibility index (Phi) is 11.3. The maximum Gasteiger partial charge on any atom is 0.408 e. The van der Waals surface area contributed by atoms with Crippen molar-refractivity contribution in [2.75, 3.05) is 13.7 Å². The number of alkyl carbamates (subject to hydrolysis) is 1. The van der Waals surface area contributed by atoms with E-state index in [1.165, 1.54) is 17.0 Å². The third kappa shape index (κ3) is 8.55. The number of rotatable bonds is 9. The normalized spacial score (nSPS) is 26.5. The van der Waals surface area contributed by atoms with Gasteiger partial charge in [0.15, 0.2) is 11.3 Å². The van der Waals surface area contributed by atoms with Crippen molar-refractivity contribution in [1.82, 2.24) is 25.2 Å². The number of hydrogen-bond donors (Lipinski definition) is 3. The average molecular weight is 872 g/mol. The van der Waals surface area contributed by atoms with Gasteiger partial charge in [-0.3, -0.25) is 19.1 Å². The van der Waals surface area contributed by atoms with E-state index in [0.29, 0.717) is 71.2 Å². The van der Waals surface area contributed by atoms with Crippen LogP contribution in [-0.4, -0.2) is 90.9 Å². The fraction of sp³-hybridized carbons (Fsp3) is 0.489. The Morgan fingerprint density at radius 2 is 1.74 bits per heavy atom. The zero-order chi connectivity index (χ0) is 43.2. The lowest BCUT2D eigenvalue weighted by atomic mass is 10.0. The maximum atomic E-state index is 14.8. The summed E-state index contributed by atoms with van der Waals surface area (Å²) in [5.41, 5.74) is 0.748. The van der Waals surface area contributed by atoms with Crippen LogP contribution in [0.3, 0.4) is 0 Å². The number of hydrogen-bond acceptors (Lipinski definition) is 11. The number of amides is 4. The smallest absolute Gasteiger partial charge is 0.408 e. The number of aromatic nitrogens is 1. The molecule has 0 radical (unpaired) electrons. The molecule has 2 aromatic carbocycles. The van der Waals surface area contributed by atoms with E-state index in [1.54, 1.807) is 37.4 Å². The molecule has 4 aromatic rings. The Labute approximate surface area is 358 Å². The van der Waals surface area contributed by atoms with Crippen molar-refractivity contribution in [3.8, 4) is 22.8 Å². The summed E-state index contributed by atoms with van der Waals surface area (Å²) in [4.78, 5) is 62.9. The van der Waals surface area contributed by atoms with Gasteiger partial charge in [-0.2, -0.15) is 0 Å². The second kappa shape index (κ2) is 16.9. The summed E-state index contributed by atoms with van der Waals surface area (Å²) < 4.78 is 66.4. The first-order valence-corrected chi connectivity index (χ1v) is 23.1. The molecule has 3 saturated carbocycles. The zero-order valence-corrected chi connectivity index (χ0v) is 35.2. The molecule has 0 unspecified atom stereocenters. The molecular formula is C45H50FN5O10S. The van der Waals surface area contributed by atoms with Gasteiger partial charge in [-0.15, -0.1) is 0 Å². The number of benzene rings is 2. The zero-order valence-electron chi connectivity index (χ0n) is 34.4. The number of halogens is 1. The molecule has 5 atom stereocenters. The number of ether oxygens (including phenoxy) is 3. The van der Waals surface area contributed by atoms with Crippen LogP contribution < -0.4 is 24.8 Å². The van der Waals surface area contributed by atoms with Crippen LogP contribution in [0.25, 0.3) is 33.3 Å². The molecule has 17 heteroatoms. The van der Waals surface area contributed by atoms with E-state index < -0.39 is 74.5 Å². The molecule has 4 amide bonds. The quantitative estimate of drug-likeness (QED) is 0.163. The second-order valence-corrected chi connectivity index (χ2v) is 19.1. The van der Waals surface area contributed by atoms with Crippen molar-refractivity contribution in [3.63, 3.8) is 0 Å². The van der Waals surface area contributed by atoms with Gasteiger partial charge < -0.3 is 34.2 Å². The van der Waals surface area contributed by atoms with Gasteiger partial charge in [-0.25, -0.2) is 22.6 Å². The molecule has 0 spiro atoms. The first-order chi connectivity index (χ1) is 29.9. The van der Waals surface area contributed by atoms with E-state index in [2.05, 4.69) is 15.4 Å². The SMILES string of the molecule is COc1ccc2c(c1)oc1c(O[C@@H]3C[C@H]4C(=O)N[C@]5(C(=O)NS(=O)(=O)C6CC6)C[C@H]5/C=C\CCCCC[C@H](NC(=O)OC5CCCC5)C(=O)N4C3)cc(-c3ccc(F)cc3)nc12. The van der Waals surface area contributed by atoms with Crippen LogP contribution in [0.1, 0.15) is 83.5 Å². The summed E-state index contributed by atoms with van der Waals surface area (Å²) in [5.74, 6) is -2.06. The Hall–Kier alpha value is -5.71. The Morgan fingerprint density at radius 3 is 2.50 bits per heavy atom. The highest BCUT2D eigenvalue weighted by Gasteiger charge is 2.62. The van der Waals surface area contributed by atoms with Crippen LogP contribution in [0.5, 0.6) is 11.5 Å². The maximum absolute atomic E-state index is 14.8. The van der Waals surface area contributed by atoms with Crippen molar-refractivity contribution in [2.24, 2.45) is 5.92 Å². The minimum atomic E-state index is -3.94. The van der Waals surface area contributed by atoms with Crippen molar-refractivity contribution < 1.29 is 50.6 Å². The number of nitrogens with zero attached hydrogens (tertiary/aromatic N) is 2. The van der Waals surface area contributed by atoms with Gasteiger partial charge in [0.25, 0.3) is 5.91 Å². The third-order valence-corrected chi connectivity index (χ3v) is 14.6. The van der Waals surface area contributed by atoms with Crippen LogP contribution in [0.2, 0.25) is 0 Å². The Balaban J connectivity index is 1.06. The summed E-state index contributed by atoms with van der Waals surface area (Å²) in [6, 6.07) is 10.6. The van der Waals surface area contributed by atoms with E-state index in [1.807, 2.05) is 18.2 Å². The summed E-state index contributed by atoms with van der Waals surface area (Å²) in [7, 11) is -2.39. The molecule has 2 aliphatic heterocycles. The molecule has 4 heterocycles. The van der Waals surface area contributed by atoms with E-state index >= 15 is 0 Å². The number of carbonyl (C=O) groups is 4. The van der Waals surface area contributed by atoms with E-state index in [4.69, 9.17) is 23.6 Å². The number of pyridine rings is 1. The number of methoxy groups -OCH3 is 1. The molecule has 62 heavy (non-hydrogen) atoms. The second-order valence-electron chi connectivity index (χ2n) is 17.2. The lowest BCUT2D eigenvalue weighted by Gasteiger charge is -2.30. The van der Waals surface area contributed by atoms with Gasteiger partial charge in [0.1, 0.15) is 52.5 Å². The molecule has 15 nitrogen and oxygen atoms in total. The molecule has 1 saturated heterocycles. The highest BCUT2D eigenvalue weighted by molar-refractivity contribution is 7.91. The van der Waals surface area contributed by atoms with E-state index in [0.717, 1.165) is 38.5 Å². The number of nitrogens with one attached hydrogen (secondary N) is 3. The number of fused-ring (bicyclic) bond motifs is 5. The average Bonchev–Trinajstić information content (AvgIpc) is 4.07. The molecule has 3 aliphatic carbocycles. The predicted molar refractivity (Wildman–Crippen MR) is 225 cm³/mol. The van der Waals surface area contributed by atoms with Crippen molar-refractivity contribution in [3.05, 3.63) is 66.5 Å². The van der Waals surface area contributed by atoms with Crippen LogP contribution in [0.4, 0.5) is 9.18 Å². The van der Waals surface area contributed by atoms with Crippen molar-refractivity contribution in [1.29, 1.82) is 0 Å². The fourth-order valence-corrected chi connectivity index (χ4v) is 10.4. The molecule has 5 aliphatic rings. The van der Waals surface area contributed by atoms with Gasteiger partial charge in [-0.05, 0) is 101 Å². The summed E-state index contributed by atoms with van der Waals surface area (Å²) in [6.45, 7) is -0.0882. The summed E-state index contributed by atoms with van der Waals surface area (Å²) >= 11 is 0. The number of carbonyl (C=O) groups excluding carboxylic acids is 4. The molecule has 328 valence electrons. The van der Waals surface area contributed by atoms with Crippen LogP contribution in [0.15, 0.2) is 65.1 Å². The molecule has 3 N–H and O–H groups in total. The lowest BCUT2D eigenvalue weighted by Crippen LogP contribution is -2.58.